The summed E-state index contributed by atoms with van der Waals surface area (Å²) in [4.78, 5) is 40.8. The smallest absolute Gasteiger partial charge is 0.258 e. The second-order valence-corrected chi connectivity index (χ2v) is 7.67. The van der Waals surface area contributed by atoms with Crippen molar-refractivity contribution in [2.24, 2.45) is 10.8 Å². The Kier molecular flexibility index (Phi) is 5.99. The summed E-state index contributed by atoms with van der Waals surface area (Å²) in [5, 5.41) is 6.83. The number of aromatic amines is 1. The third kappa shape index (κ3) is 4.49. The fourth-order valence-corrected chi connectivity index (χ4v) is 3.87. The van der Waals surface area contributed by atoms with Crippen LogP contribution in [0.5, 0.6) is 0 Å². The second kappa shape index (κ2) is 9.03. The van der Waals surface area contributed by atoms with Crippen molar-refractivity contribution in [1.82, 2.24) is 9.88 Å². The standard InChI is InChI=1S/C23H21FN6O3/c24-15-5-8-18-14(10-15)11-17(22(32)28-18)19(29-26)12-27-16-6-3-13(4-7-16)23(33)30-9-1-2-20(30)21(25)31/h3-8,10-12,20,26-27H,1-2,9H2,(H2,25,31)(H,28,32)/b19-12-,29-26?/t20-/m1/s1. The van der Waals surface area contributed by atoms with E-state index in [1.165, 1.54) is 35.4 Å². The van der Waals surface area contributed by atoms with Crippen molar-refractivity contribution in [2.75, 3.05) is 11.9 Å². The molecule has 2 amide bonds. The van der Waals surface area contributed by atoms with Gasteiger partial charge in [-0.1, -0.05) is 0 Å². The zero-order valence-corrected chi connectivity index (χ0v) is 17.5. The van der Waals surface area contributed by atoms with Crippen LogP contribution < -0.4 is 16.6 Å². The molecule has 1 aliphatic heterocycles. The number of fused-ring (bicyclic) bond motifs is 1. The number of benzene rings is 2. The number of halogens is 1. The predicted molar refractivity (Wildman–Crippen MR) is 121 cm³/mol. The molecule has 0 aliphatic carbocycles. The number of carbonyl (C=O) groups excluding carboxylic acids is 2. The molecule has 1 fully saturated rings. The van der Waals surface area contributed by atoms with Gasteiger partial charge in [0.15, 0.2) is 0 Å². The molecule has 2 heterocycles. The SMILES string of the molecule is N=N/C(=C\Nc1ccc(C(=O)N2CCC[C@@H]2C(N)=O)cc1)c1cc2cc(F)ccc2[nH]c1=O. The van der Waals surface area contributed by atoms with Gasteiger partial charge in [0.05, 0.1) is 5.56 Å². The maximum Gasteiger partial charge on any atom is 0.258 e. The normalized spacial score (nSPS) is 16.1. The minimum absolute atomic E-state index is 0.0453. The Morgan fingerprint density at radius 1 is 1.21 bits per heavy atom. The molecule has 168 valence electrons. The molecule has 1 aliphatic rings. The number of carbonyl (C=O) groups is 2. The number of amides is 2. The van der Waals surface area contributed by atoms with E-state index in [0.29, 0.717) is 35.1 Å². The Hall–Kier alpha value is -4.34. The molecular weight excluding hydrogens is 427 g/mol. The maximum atomic E-state index is 13.5. The van der Waals surface area contributed by atoms with E-state index in [4.69, 9.17) is 11.3 Å². The van der Waals surface area contributed by atoms with E-state index >= 15 is 0 Å². The predicted octanol–water partition coefficient (Wildman–Crippen LogP) is 3.20. The number of primary amides is 1. The van der Waals surface area contributed by atoms with Gasteiger partial charge in [-0.15, -0.1) is 0 Å². The molecule has 10 heteroatoms. The Morgan fingerprint density at radius 3 is 2.67 bits per heavy atom. The topological polar surface area (TPSA) is 144 Å². The van der Waals surface area contributed by atoms with Crippen molar-refractivity contribution in [2.45, 2.75) is 18.9 Å². The van der Waals surface area contributed by atoms with E-state index in [1.807, 2.05) is 0 Å². The monoisotopic (exact) mass is 448 g/mol. The largest absolute Gasteiger partial charge is 0.368 e. The van der Waals surface area contributed by atoms with Crippen LogP contribution in [0.15, 0.2) is 64.6 Å². The number of aromatic nitrogens is 1. The zero-order valence-electron chi connectivity index (χ0n) is 17.5. The van der Waals surface area contributed by atoms with Gasteiger partial charge in [-0.05, 0) is 61.4 Å². The molecule has 33 heavy (non-hydrogen) atoms. The molecular formula is C23H21FN6O3. The molecule has 0 bridgehead atoms. The molecule has 4 rings (SSSR count). The van der Waals surface area contributed by atoms with Crippen molar-refractivity contribution < 1.29 is 14.0 Å². The molecule has 1 saturated heterocycles. The van der Waals surface area contributed by atoms with E-state index < -0.39 is 23.3 Å². The third-order valence-corrected chi connectivity index (χ3v) is 5.55. The van der Waals surface area contributed by atoms with Crippen molar-refractivity contribution >= 4 is 34.1 Å². The molecule has 0 unspecified atom stereocenters. The Morgan fingerprint density at radius 2 is 1.97 bits per heavy atom. The number of rotatable bonds is 6. The average molecular weight is 448 g/mol. The van der Waals surface area contributed by atoms with Gasteiger partial charge in [0.25, 0.3) is 11.5 Å². The summed E-state index contributed by atoms with van der Waals surface area (Å²) in [5.41, 5.74) is 14.0. The van der Waals surface area contributed by atoms with E-state index in [1.54, 1.807) is 24.3 Å². The van der Waals surface area contributed by atoms with E-state index in [0.717, 1.165) is 6.42 Å². The molecule has 9 nitrogen and oxygen atoms in total. The summed E-state index contributed by atoms with van der Waals surface area (Å²) in [5.74, 6) is -1.23. The van der Waals surface area contributed by atoms with E-state index in [9.17, 15) is 18.8 Å². The van der Waals surface area contributed by atoms with E-state index in [2.05, 4.69) is 15.4 Å². The number of hydrogen-bond donors (Lipinski definition) is 4. The fraction of sp³-hybridized carbons (Fsp3) is 0.174. The van der Waals surface area contributed by atoms with Gasteiger partial charge < -0.3 is 20.9 Å². The first-order valence-electron chi connectivity index (χ1n) is 10.2. The highest BCUT2D eigenvalue weighted by molar-refractivity contribution is 5.98. The highest BCUT2D eigenvalue weighted by atomic mass is 19.1. The zero-order chi connectivity index (χ0) is 23.5. The van der Waals surface area contributed by atoms with Crippen molar-refractivity contribution in [3.8, 4) is 0 Å². The Labute approximate surface area is 187 Å². The van der Waals surface area contributed by atoms with Crippen molar-refractivity contribution in [3.05, 3.63) is 82.0 Å². The van der Waals surface area contributed by atoms with Gasteiger partial charge in [-0.2, -0.15) is 5.11 Å². The highest BCUT2D eigenvalue weighted by Gasteiger charge is 2.33. The fourth-order valence-electron chi connectivity index (χ4n) is 3.87. The molecule has 0 spiro atoms. The quantitative estimate of drug-likeness (QED) is 0.429. The number of nitrogens with zero attached hydrogens (tertiary/aromatic N) is 2. The number of nitrogens with two attached hydrogens (primary N) is 1. The van der Waals surface area contributed by atoms with Crippen LogP contribution in [0.2, 0.25) is 0 Å². The Bertz CT molecular complexity index is 1330. The van der Waals surface area contributed by atoms with Gasteiger partial charge in [-0.25, -0.2) is 9.92 Å². The molecule has 0 saturated carbocycles. The first-order chi connectivity index (χ1) is 15.9. The van der Waals surface area contributed by atoms with Crippen LogP contribution in [0.1, 0.15) is 28.8 Å². The van der Waals surface area contributed by atoms with Crippen molar-refractivity contribution in [3.63, 3.8) is 0 Å². The molecule has 5 N–H and O–H groups in total. The summed E-state index contributed by atoms with van der Waals surface area (Å²) < 4.78 is 13.5. The van der Waals surface area contributed by atoms with Gasteiger partial charge in [-0.3, -0.25) is 14.4 Å². The maximum absolute atomic E-state index is 13.5. The lowest BCUT2D eigenvalue weighted by atomic mass is 10.1. The molecule has 1 atom stereocenters. The van der Waals surface area contributed by atoms with Gasteiger partial charge in [0.1, 0.15) is 17.6 Å². The summed E-state index contributed by atoms with van der Waals surface area (Å²) in [6.07, 6.45) is 2.66. The lowest BCUT2D eigenvalue weighted by Gasteiger charge is -2.22. The van der Waals surface area contributed by atoms with Gasteiger partial charge >= 0.3 is 0 Å². The third-order valence-electron chi connectivity index (χ3n) is 5.55. The lowest BCUT2D eigenvalue weighted by molar-refractivity contribution is -0.121. The van der Waals surface area contributed by atoms with Crippen molar-refractivity contribution in [1.29, 1.82) is 5.53 Å². The second-order valence-electron chi connectivity index (χ2n) is 7.67. The average Bonchev–Trinajstić information content (AvgIpc) is 3.30. The highest BCUT2D eigenvalue weighted by Crippen LogP contribution is 2.22. The lowest BCUT2D eigenvalue weighted by Crippen LogP contribution is -2.43. The number of nitrogens with one attached hydrogen (secondary N) is 3. The molecule has 0 radical (unpaired) electrons. The van der Waals surface area contributed by atoms with Gasteiger partial charge in [0.2, 0.25) is 5.91 Å². The van der Waals surface area contributed by atoms with Crippen LogP contribution in [0, 0.1) is 11.3 Å². The van der Waals surface area contributed by atoms with Crippen LogP contribution in [0.3, 0.4) is 0 Å². The number of hydrogen-bond acceptors (Lipinski definition) is 6. The summed E-state index contributed by atoms with van der Waals surface area (Å²) in [6, 6.07) is 11.4. The number of pyridine rings is 1. The first-order valence-corrected chi connectivity index (χ1v) is 10.2. The summed E-state index contributed by atoms with van der Waals surface area (Å²) >= 11 is 0. The summed E-state index contributed by atoms with van der Waals surface area (Å²) in [7, 11) is 0. The minimum atomic E-state index is -0.590. The molecule has 1 aromatic heterocycles. The number of likely N-dealkylation sites (tertiary alicyclic amines) is 1. The van der Waals surface area contributed by atoms with Crippen LogP contribution in [0.25, 0.3) is 16.6 Å². The Balaban J connectivity index is 1.53. The number of anilines is 1. The number of H-pyrrole nitrogens is 1. The van der Waals surface area contributed by atoms with Crippen LogP contribution in [-0.2, 0) is 4.79 Å². The van der Waals surface area contributed by atoms with Gasteiger partial charge in [0, 0.05) is 34.9 Å². The molecule has 3 aromatic rings. The summed E-state index contributed by atoms with van der Waals surface area (Å²) in [6.45, 7) is 0.480. The van der Waals surface area contributed by atoms with Crippen LogP contribution >= 0.6 is 0 Å². The van der Waals surface area contributed by atoms with E-state index in [-0.39, 0.29) is 17.2 Å². The van der Waals surface area contributed by atoms with Crippen LogP contribution in [0.4, 0.5) is 10.1 Å². The first kappa shape index (κ1) is 21.9. The van der Waals surface area contributed by atoms with Crippen LogP contribution in [-0.4, -0.2) is 34.3 Å². The molecule has 2 aromatic carbocycles. The minimum Gasteiger partial charge on any atom is -0.368 e.